The van der Waals surface area contributed by atoms with E-state index in [0.29, 0.717) is 24.1 Å². The zero-order chi connectivity index (χ0) is 15.7. The van der Waals surface area contributed by atoms with Gasteiger partial charge in [-0.25, -0.2) is 4.79 Å². The number of ether oxygens (including phenoxy) is 1. The van der Waals surface area contributed by atoms with Crippen LogP contribution in [0.1, 0.15) is 41.6 Å². The van der Waals surface area contributed by atoms with E-state index in [1.165, 1.54) is 38.9 Å². The lowest BCUT2D eigenvalue weighted by Gasteiger charge is -2.09. The number of nitrogens with one attached hydrogen (secondary N) is 1. The predicted molar refractivity (Wildman–Crippen MR) is 80.7 cm³/mol. The Kier molecular flexibility index (Phi) is 4.05. The first-order valence-electron chi connectivity index (χ1n) is 7.79. The summed E-state index contributed by atoms with van der Waals surface area (Å²) in [7, 11) is 1.44. The van der Waals surface area contributed by atoms with Crippen LogP contribution < -0.4 is 10.1 Å². The third kappa shape index (κ3) is 2.80. The van der Waals surface area contributed by atoms with Crippen LogP contribution in [0, 0.1) is 17.8 Å². The average molecular weight is 303 g/mol. The van der Waals surface area contributed by atoms with Crippen molar-refractivity contribution < 1.29 is 19.4 Å². The van der Waals surface area contributed by atoms with Gasteiger partial charge in [-0.3, -0.25) is 4.79 Å². The van der Waals surface area contributed by atoms with Crippen molar-refractivity contribution in [2.45, 2.75) is 32.2 Å². The fourth-order valence-corrected chi connectivity index (χ4v) is 3.71. The van der Waals surface area contributed by atoms with Gasteiger partial charge in [0.15, 0.2) is 0 Å². The van der Waals surface area contributed by atoms with Crippen LogP contribution in [0.2, 0.25) is 0 Å². The molecule has 0 bridgehead atoms. The number of benzene rings is 1. The molecule has 0 aromatic heterocycles. The van der Waals surface area contributed by atoms with Crippen LogP contribution in [-0.2, 0) is 11.3 Å². The van der Waals surface area contributed by atoms with Crippen LogP contribution in [0.5, 0.6) is 5.75 Å². The SMILES string of the molecule is COc1cc(CNC(=O)C2C3CCCCC32)ccc1C(=O)O. The van der Waals surface area contributed by atoms with Crippen molar-refractivity contribution in [2.75, 3.05) is 7.11 Å². The number of aromatic carboxylic acids is 1. The molecule has 2 unspecified atom stereocenters. The number of fused-ring (bicyclic) bond motifs is 1. The molecule has 2 atom stereocenters. The fourth-order valence-electron chi connectivity index (χ4n) is 3.71. The highest BCUT2D eigenvalue weighted by Gasteiger charge is 2.54. The smallest absolute Gasteiger partial charge is 0.339 e. The molecule has 0 saturated heterocycles. The molecule has 1 amide bonds. The summed E-state index contributed by atoms with van der Waals surface area (Å²) in [5.41, 5.74) is 0.976. The summed E-state index contributed by atoms with van der Waals surface area (Å²) in [6.45, 7) is 0.408. The quantitative estimate of drug-likeness (QED) is 0.876. The van der Waals surface area contributed by atoms with Gasteiger partial charge in [0, 0.05) is 12.5 Å². The number of carboxylic acid groups (broad SMARTS) is 1. The van der Waals surface area contributed by atoms with Crippen molar-refractivity contribution in [3.05, 3.63) is 29.3 Å². The van der Waals surface area contributed by atoms with Crippen molar-refractivity contribution in [1.82, 2.24) is 5.32 Å². The molecule has 22 heavy (non-hydrogen) atoms. The fraction of sp³-hybridized carbons (Fsp3) is 0.529. The molecule has 2 saturated carbocycles. The third-order valence-corrected chi connectivity index (χ3v) is 4.92. The molecule has 2 N–H and O–H groups in total. The highest BCUT2D eigenvalue weighted by molar-refractivity contribution is 5.91. The Morgan fingerprint density at radius 2 is 1.95 bits per heavy atom. The molecule has 118 valence electrons. The van der Waals surface area contributed by atoms with Crippen molar-refractivity contribution in [3.63, 3.8) is 0 Å². The van der Waals surface area contributed by atoms with Crippen LogP contribution in [0.3, 0.4) is 0 Å². The van der Waals surface area contributed by atoms with E-state index < -0.39 is 5.97 Å². The average Bonchev–Trinajstić information content (AvgIpc) is 3.26. The monoisotopic (exact) mass is 303 g/mol. The molecule has 2 aliphatic carbocycles. The minimum atomic E-state index is -1.02. The van der Waals surface area contributed by atoms with Crippen LogP contribution in [0.4, 0.5) is 0 Å². The Hall–Kier alpha value is -2.04. The summed E-state index contributed by atoms with van der Waals surface area (Å²) in [6.07, 6.45) is 4.87. The number of carbonyl (C=O) groups is 2. The predicted octanol–water partition coefficient (Wildman–Crippen LogP) is 2.45. The van der Waals surface area contributed by atoms with Crippen LogP contribution in [-0.4, -0.2) is 24.1 Å². The molecule has 3 rings (SSSR count). The standard InChI is InChI=1S/C17H21NO4/c1-22-14-8-10(6-7-13(14)17(20)21)9-18-16(19)15-11-4-2-3-5-12(11)15/h6-8,11-12,15H,2-5,9H2,1H3,(H,18,19)(H,20,21). The maximum absolute atomic E-state index is 12.2. The first kappa shape index (κ1) is 14.9. The van der Waals surface area contributed by atoms with E-state index in [1.54, 1.807) is 12.1 Å². The first-order chi connectivity index (χ1) is 10.6. The van der Waals surface area contributed by atoms with Crippen molar-refractivity contribution in [2.24, 2.45) is 17.8 Å². The van der Waals surface area contributed by atoms with Crippen LogP contribution in [0.15, 0.2) is 18.2 Å². The van der Waals surface area contributed by atoms with Gasteiger partial charge in [-0.05, 0) is 42.4 Å². The number of hydrogen-bond acceptors (Lipinski definition) is 3. The Bertz CT molecular complexity index is 586. The van der Waals surface area contributed by atoms with Gasteiger partial charge in [0.1, 0.15) is 11.3 Å². The molecule has 2 aliphatic rings. The normalized spacial score (nSPS) is 26.0. The maximum atomic E-state index is 12.2. The van der Waals surface area contributed by atoms with Gasteiger partial charge in [0.2, 0.25) is 5.91 Å². The maximum Gasteiger partial charge on any atom is 0.339 e. The lowest BCUT2D eigenvalue weighted by atomic mass is 10.0. The van der Waals surface area contributed by atoms with Crippen LogP contribution >= 0.6 is 0 Å². The molecule has 1 aromatic rings. The van der Waals surface area contributed by atoms with Gasteiger partial charge in [-0.2, -0.15) is 0 Å². The molecule has 0 spiro atoms. The van der Waals surface area contributed by atoms with Gasteiger partial charge in [-0.1, -0.05) is 18.9 Å². The number of rotatable bonds is 5. The number of carboxylic acids is 1. The Labute approximate surface area is 129 Å². The second-order valence-electron chi connectivity index (χ2n) is 6.20. The van der Waals surface area contributed by atoms with Gasteiger partial charge in [0.05, 0.1) is 7.11 Å². The summed E-state index contributed by atoms with van der Waals surface area (Å²) in [6, 6.07) is 4.90. The Morgan fingerprint density at radius 1 is 1.27 bits per heavy atom. The lowest BCUT2D eigenvalue weighted by molar-refractivity contribution is -0.123. The van der Waals surface area contributed by atoms with E-state index in [1.807, 2.05) is 0 Å². The van der Waals surface area contributed by atoms with Gasteiger partial charge in [-0.15, -0.1) is 0 Å². The summed E-state index contributed by atoms with van der Waals surface area (Å²) in [4.78, 5) is 23.3. The molecule has 0 heterocycles. The van der Waals surface area contributed by atoms with Crippen molar-refractivity contribution in [3.8, 4) is 5.75 Å². The Balaban J connectivity index is 1.59. The van der Waals surface area contributed by atoms with E-state index in [0.717, 1.165) is 5.56 Å². The molecule has 5 heteroatoms. The number of hydrogen-bond donors (Lipinski definition) is 2. The molecule has 5 nitrogen and oxygen atoms in total. The van der Waals surface area contributed by atoms with Gasteiger partial charge >= 0.3 is 5.97 Å². The summed E-state index contributed by atoms with van der Waals surface area (Å²) in [5.74, 6) is 0.824. The van der Waals surface area contributed by atoms with Gasteiger partial charge in [0.25, 0.3) is 0 Å². The molecular formula is C17H21NO4. The number of methoxy groups -OCH3 is 1. The lowest BCUT2D eigenvalue weighted by Crippen LogP contribution is -2.25. The van der Waals surface area contributed by atoms with E-state index in [2.05, 4.69) is 5.32 Å². The molecule has 1 aromatic carbocycles. The zero-order valence-corrected chi connectivity index (χ0v) is 12.7. The minimum absolute atomic E-state index is 0.130. The molecule has 0 aliphatic heterocycles. The number of carbonyl (C=O) groups excluding carboxylic acids is 1. The van der Waals surface area contributed by atoms with Crippen molar-refractivity contribution >= 4 is 11.9 Å². The molecular weight excluding hydrogens is 282 g/mol. The first-order valence-corrected chi connectivity index (χ1v) is 7.79. The third-order valence-electron chi connectivity index (χ3n) is 4.92. The summed E-state index contributed by atoms with van der Waals surface area (Å²) >= 11 is 0. The zero-order valence-electron chi connectivity index (χ0n) is 12.7. The second kappa shape index (κ2) is 5.99. The highest BCUT2D eigenvalue weighted by Crippen LogP contribution is 2.55. The summed E-state index contributed by atoms with van der Waals surface area (Å²) < 4.78 is 5.10. The van der Waals surface area contributed by atoms with Crippen molar-refractivity contribution in [1.29, 1.82) is 0 Å². The molecule has 0 radical (unpaired) electrons. The van der Waals surface area contributed by atoms with E-state index in [-0.39, 0.29) is 17.4 Å². The van der Waals surface area contributed by atoms with Gasteiger partial charge < -0.3 is 15.2 Å². The van der Waals surface area contributed by atoms with Crippen LogP contribution in [0.25, 0.3) is 0 Å². The molecule has 2 fully saturated rings. The summed E-state index contributed by atoms with van der Waals surface area (Å²) in [5, 5.41) is 12.0. The highest BCUT2D eigenvalue weighted by atomic mass is 16.5. The van der Waals surface area contributed by atoms with E-state index in [4.69, 9.17) is 9.84 Å². The number of amides is 1. The largest absolute Gasteiger partial charge is 0.496 e. The van der Waals surface area contributed by atoms with E-state index in [9.17, 15) is 9.59 Å². The second-order valence-corrected chi connectivity index (χ2v) is 6.20. The van der Waals surface area contributed by atoms with E-state index >= 15 is 0 Å². The topological polar surface area (TPSA) is 75.6 Å². The Morgan fingerprint density at radius 3 is 2.55 bits per heavy atom. The minimum Gasteiger partial charge on any atom is -0.496 e.